The molecule has 2 atom stereocenters. The predicted molar refractivity (Wildman–Crippen MR) is 93.3 cm³/mol. The van der Waals surface area contributed by atoms with Crippen molar-refractivity contribution < 1.29 is 9.53 Å². The molecule has 0 unspecified atom stereocenters. The summed E-state index contributed by atoms with van der Waals surface area (Å²) in [7, 11) is 1.65. The van der Waals surface area contributed by atoms with E-state index in [2.05, 4.69) is 25.7 Å². The molecule has 1 heterocycles. The minimum absolute atomic E-state index is 0.127. The van der Waals surface area contributed by atoms with Crippen molar-refractivity contribution in [3.8, 4) is 5.75 Å². The van der Waals surface area contributed by atoms with Gasteiger partial charge < -0.3 is 9.64 Å². The van der Waals surface area contributed by atoms with E-state index in [1.807, 2.05) is 30.3 Å². The molecule has 0 radical (unpaired) electrons. The first-order chi connectivity index (χ1) is 10.8. The van der Waals surface area contributed by atoms with Gasteiger partial charge in [0.25, 0.3) is 0 Å². The van der Waals surface area contributed by atoms with E-state index in [0.717, 1.165) is 30.7 Å². The van der Waals surface area contributed by atoms with Gasteiger partial charge in [0.1, 0.15) is 5.75 Å². The van der Waals surface area contributed by atoms with Gasteiger partial charge in [-0.3, -0.25) is 4.79 Å². The molecule has 3 rings (SSSR count). The van der Waals surface area contributed by atoms with Crippen molar-refractivity contribution in [2.24, 2.45) is 10.8 Å². The van der Waals surface area contributed by atoms with Crippen LogP contribution in [0.25, 0.3) is 6.08 Å². The van der Waals surface area contributed by atoms with Gasteiger partial charge in [-0.1, -0.05) is 39.0 Å². The summed E-state index contributed by atoms with van der Waals surface area (Å²) < 4.78 is 5.34. The quantitative estimate of drug-likeness (QED) is 0.785. The number of rotatable bonds is 3. The third-order valence-electron chi connectivity index (χ3n) is 5.24. The zero-order valence-corrected chi connectivity index (χ0v) is 14.6. The minimum atomic E-state index is 0.127. The highest BCUT2D eigenvalue weighted by Crippen LogP contribution is 2.52. The Morgan fingerprint density at radius 2 is 2.00 bits per heavy atom. The Morgan fingerprint density at radius 3 is 2.74 bits per heavy atom. The van der Waals surface area contributed by atoms with Crippen LogP contribution in [0.4, 0.5) is 0 Å². The number of hydrogen-bond acceptors (Lipinski definition) is 2. The van der Waals surface area contributed by atoms with Gasteiger partial charge >= 0.3 is 0 Å². The van der Waals surface area contributed by atoms with Crippen LogP contribution in [0.1, 0.15) is 45.6 Å². The fraction of sp³-hybridized carbons (Fsp3) is 0.550. The summed E-state index contributed by atoms with van der Waals surface area (Å²) in [6.07, 6.45) is 7.03. The molecule has 1 saturated heterocycles. The van der Waals surface area contributed by atoms with Crippen LogP contribution >= 0.6 is 0 Å². The van der Waals surface area contributed by atoms with Crippen LogP contribution in [0, 0.1) is 10.8 Å². The van der Waals surface area contributed by atoms with Crippen molar-refractivity contribution in [2.75, 3.05) is 13.7 Å². The predicted octanol–water partition coefficient (Wildman–Crippen LogP) is 4.14. The second-order valence-electron chi connectivity index (χ2n) is 8.26. The van der Waals surface area contributed by atoms with Crippen molar-refractivity contribution in [3.63, 3.8) is 0 Å². The van der Waals surface area contributed by atoms with Crippen LogP contribution in [0.3, 0.4) is 0 Å². The molecule has 1 amide bonds. The molecule has 1 saturated carbocycles. The molecule has 124 valence electrons. The number of benzene rings is 1. The molecule has 1 aliphatic carbocycles. The average Bonchev–Trinajstić information content (AvgIpc) is 2.74. The second kappa shape index (κ2) is 5.70. The summed E-state index contributed by atoms with van der Waals surface area (Å²) in [5, 5.41) is 0. The molecule has 1 aromatic carbocycles. The fourth-order valence-electron chi connectivity index (χ4n) is 4.78. The average molecular weight is 313 g/mol. The summed E-state index contributed by atoms with van der Waals surface area (Å²) in [5.74, 6) is 0.923. The lowest BCUT2D eigenvalue weighted by molar-refractivity contribution is -0.127. The highest BCUT2D eigenvalue weighted by atomic mass is 16.5. The zero-order chi connectivity index (χ0) is 16.7. The normalized spacial score (nSPS) is 29.0. The van der Waals surface area contributed by atoms with Crippen LogP contribution in [0.2, 0.25) is 0 Å². The van der Waals surface area contributed by atoms with E-state index in [4.69, 9.17) is 4.74 Å². The van der Waals surface area contributed by atoms with E-state index in [9.17, 15) is 4.79 Å². The lowest BCUT2D eigenvalue weighted by Crippen LogP contribution is -2.36. The summed E-state index contributed by atoms with van der Waals surface area (Å²) >= 11 is 0. The van der Waals surface area contributed by atoms with E-state index in [0.29, 0.717) is 11.5 Å². The second-order valence-corrected chi connectivity index (χ2v) is 8.26. The van der Waals surface area contributed by atoms with Crippen LogP contribution in [0.15, 0.2) is 30.3 Å². The number of hydrogen-bond donors (Lipinski definition) is 0. The number of nitrogens with zero attached hydrogens (tertiary/aromatic N) is 1. The Hall–Kier alpha value is -1.77. The molecule has 3 nitrogen and oxygen atoms in total. The van der Waals surface area contributed by atoms with Crippen LogP contribution < -0.4 is 4.74 Å². The maximum absolute atomic E-state index is 12.7. The molecule has 0 spiro atoms. The summed E-state index contributed by atoms with van der Waals surface area (Å²) in [6.45, 7) is 7.88. The van der Waals surface area contributed by atoms with E-state index in [-0.39, 0.29) is 11.3 Å². The number of fused-ring (bicyclic) bond motifs is 2. The number of para-hydroxylation sites is 1. The van der Waals surface area contributed by atoms with E-state index in [1.165, 1.54) is 6.42 Å². The molecule has 0 N–H and O–H groups in total. The van der Waals surface area contributed by atoms with Gasteiger partial charge in [-0.15, -0.1) is 0 Å². The van der Waals surface area contributed by atoms with Crippen molar-refractivity contribution in [3.05, 3.63) is 35.9 Å². The van der Waals surface area contributed by atoms with Crippen molar-refractivity contribution in [1.29, 1.82) is 0 Å². The van der Waals surface area contributed by atoms with E-state index in [1.54, 1.807) is 13.2 Å². The Bertz CT molecular complexity index is 634. The molecule has 23 heavy (non-hydrogen) atoms. The van der Waals surface area contributed by atoms with Crippen molar-refractivity contribution >= 4 is 12.0 Å². The number of likely N-dealkylation sites (tertiary alicyclic amines) is 1. The molecule has 2 bridgehead atoms. The van der Waals surface area contributed by atoms with Gasteiger partial charge in [-0.2, -0.15) is 0 Å². The third kappa shape index (κ3) is 3.29. The maximum Gasteiger partial charge on any atom is 0.246 e. The van der Waals surface area contributed by atoms with E-state index < -0.39 is 0 Å². The van der Waals surface area contributed by atoms with Crippen molar-refractivity contribution in [2.45, 2.75) is 46.1 Å². The number of methoxy groups -OCH3 is 1. The Labute approximate surface area is 139 Å². The van der Waals surface area contributed by atoms with Crippen molar-refractivity contribution in [1.82, 2.24) is 4.90 Å². The number of amides is 1. The summed E-state index contributed by atoms with van der Waals surface area (Å²) in [4.78, 5) is 14.8. The minimum Gasteiger partial charge on any atom is -0.496 e. The van der Waals surface area contributed by atoms with Gasteiger partial charge in [0.15, 0.2) is 0 Å². The lowest BCUT2D eigenvalue weighted by Gasteiger charge is -2.39. The molecule has 1 aromatic rings. The van der Waals surface area contributed by atoms with Gasteiger partial charge in [0.05, 0.1) is 7.11 Å². The summed E-state index contributed by atoms with van der Waals surface area (Å²) in [5.41, 5.74) is 1.55. The first-order valence-corrected chi connectivity index (χ1v) is 8.44. The first kappa shape index (κ1) is 16.1. The van der Waals surface area contributed by atoms with E-state index >= 15 is 0 Å². The highest BCUT2D eigenvalue weighted by Gasteiger charge is 2.50. The highest BCUT2D eigenvalue weighted by molar-refractivity contribution is 5.92. The fourth-order valence-corrected chi connectivity index (χ4v) is 4.78. The first-order valence-electron chi connectivity index (χ1n) is 8.44. The zero-order valence-electron chi connectivity index (χ0n) is 14.6. The largest absolute Gasteiger partial charge is 0.496 e. The number of ether oxygens (including phenoxy) is 1. The molecule has 0 aromatic heterocycles. The Balaban J connectivity index is 1.76. The standard InChI is InChI=1S/C20H27NO2/c1-19(2)11-16-12-20(3,13-19)14-21(16)18(22)10-9-15-7-5-6-8-17(15)23-4/h5-10,16H,11-14H2,1-4H3/b10-9+/t16-,20+/m1/s1. The van der Waals surface area contributed by atoms with Gasteiger partial charge in [-0.05, 0) is 42.2 Å². The molecule has 2 fully saturated rings. The Kier molecular flexibility index (Phi) is 3.99. The summed E-state index contributed by atoms with van der Waals surface area (Å²) in [6, 6.07) is 8.16. The molecular weight excluding hydrogens is 286 g/mol. The maximum atomic E-state index is 12.7. The monoisotopic (exact) mass is 313 g/mol. The Morgan fingerprint density at radius 1 is 1.26 bits per heavy atom. The topological polar surface area (TPSA) is 29.5 Å². The smallest absolute Gasteiger partial charge is 0.246 e. The number of carbonyl (C=O) groups excluding carboxylic acids is 1. The molecule has 2 aliphatic rings. The SMILES string of the molecule is COc1ccccc1/C=C/C(=O)N1C[C@@]2(C)C[C@H]1CC(C)(C)C2. The van der Waals surface area contributed by atoms with Crippen LogP contribution in [0.5, 0.6) is 5.75 Å². The van der Waals surface area contributed by atoms with Crippen LogP contribution in [-0.4, -0.2) is 30.5 Å². The third-order valence-corrected chi connectivity index (χ3v) is 5.24. The molecular formula is C20H27NO2. The van der Waals surface area contributed by atoms with Crippen LogP contribution in [-0.2, 0) is 4.79 Å². The number of carbonyl (C=O) groups is 1. The van der Waals surface area contributed by atoms with Gasteiger partial charge in [0, 0.05) is 24.2 Å². The van der Waals surface area contributed by atoms with Gasteiger partial charge in [-0.25, -0.2) is 0 Å². The van der Waals surface area contributed by atoms with Gasteiger partial charge in [0.2, 0.25) is 5.91 Å². The lowest BCUT2D eigenvalue weighted by atomic mass is 9.65. The molecule has 3 heteroatoms. The molecule has 1 aliphatic heterocycles.